The number of hydrogen-bond acceptors (Lipinski definition) is 7. The van der Waals surface area contributed by atoms with Gasteiger partial charge in [-0.05, 0) is 36.2 Å². The predicted octanol–water partition coefficient (Wildman–Crippen LogP) is 3.64. The van der Waals surface area contributed by atoms with Gasteiger partial charge in [0.2, 0.25) is 15.8 Å². The summed E-state index contributed by atoms with van der Waals surface area (Å²) < 4.78 is 67.7. The van der Waals surface area contributed by atoms with E-state index in [9.17, 15) is 31.2 Å². The average molecular weight is 638 g/mol. The first-order valence-corrected chi connectivity index (χ1v) is 15.4. The number of carbonyl (C=O) groups is 2. The number of rotatable bonds is 7. The van der Waals surface area contributed by atoms with Gasteiger partial charge in [-0.3, -0.25) is 14.5 Å². The van der Waals surface area contributed by atoms with Crippen LogP contribution < -0.4 is 10.2 Å². The highest BCUT2D eigenvalue weighted by Gasteiger charge is 2.45. The first-order valence-electron chi connectivity index (χ1n) is 13.9. The van der Waals surface area contributed by atoms with Crippen molar-refractivity contribution in [1.82, 2.24) is 29.4 Å². The molecule has 2 amide bonds. The van der Waals surface area contributed by atoms with E-state index in [1.54, 1.807) is 48.1 Å². The maximum atomic E-state index is 14.2. The minimum Gasteiger partial charge on any atom is -0.337 e. The number of fused-ring (bicyclic) bond motifs is 1. The van der Waals surface area contributed by atoms with Gasteiger partial charge in [0, 0.05) is 42.7 Å². The third-order valence-corrected chi connectivity index (χ3v) is 9.12. The summed E-state index contributed by atoms with van der Waals surface area (Å²) in [5, 5.41) is 8.31. The Labute approximate surface area is 256 Å². The molecule has 15 heteroatoms. The maximum absolute atomic E-state index is 14.2. The summed E-state index contributed by atoms with van der Waals surface area (Å²) in [4.78, 5) is 36.1. The molecule has 11 nitrogen and oxygen atoms in total. The van der Waals surface area contributed by atoms with Crippen LogP contribution >= 0.6 is 0 Å². The van der Waals surface area contributed by atoms with E-state index in [2.05, 4.69) is 20.4 Å². The largest absolute Gasteiger partial charge is 0.433 e. The molecule has 232 valence electrons. The molecule has 0 unspecified atom stereocenters. The summed E-state index contributed by atoms with van der Waals surface area (Å²) in [7, 11) is -3.56. The molecule has 0 fully saturated rings. The second kappa shape index (κ2) is 11.6. The number of carbonyl (C=O) groups excluding carboxylic acids is 2. The standard InChI is InChI=1S/C30H26F3N7O4S/c1-2-39-28-22(17-35-40(28)21-10-4-3-5-11-21)24(20-9-6-8-19(16-20)18-38-14-7-15-45(38,43)44)25(29(39)42)37-27(41)26-34-13-12-23(36-26)30(31,32)33/h3-13,15-17,24-25H,2,14,18H2,1H3,(H,37,41)/t24-,25+/m1/s1. The number of para-hydroxylation sites is 1. The molecule has 2 aliphatic rings. The van der Waals surface area contributed by atoms with Gasteiger partial charge in [-0.2, -0.15) is 22.6 Å². The molecular weight excluding hydrogens is 611 g/mol. The van der Waals surface area contributed by atoms with E-state index in [-0.39, 0.29) is 19.6 Å². The molecule has 2 aromatic carbocycles. The van der Waals surface area contributed by atoms with Crippen molar-refractivity contribution in [2.24, 2.45) is 0 Å². The topological polar surface area (TPSA) is 130 Å². The van der Waals surface area contributed by atoms with Crippen molar-refractivity contribution in [3.63, 3.8) is 0 Å². The minimum absolute atomic E-state index is 0.0656. The zero-order chi connectivity index (χ0) is 31.9. The van der Waals surface area contributed by atoms with Gasteiger partial charge in [-0.25, -0.2) is 23.1 Å². The number of halogens is 3. The molecule has 0 spiro atoms. The Hall–Kier alpha value is -4.89. The Kier molecular flexibility index (Phi) is 7.74. The smallest absolute Gasteiger partial charge is 0.337 e. The lowest BCUT2D eigenvalue weighted by atomic mass is 9.82. The van der Waals surface area contributed by atoms with Crippen LogP contribution in [0.5, 0.6) is 0 Å². The molecule has 2 aromatic heterocycles. The molecule has 2 aliphatic heterocycles. The second-order valence-corrected chi connectivity index (χ2v) is 12.2. The fourth-order valence-corrected chi connectivity index (χ4v) is 6.69. The van der Waals surface area contributed by atoms with Crippen molar-refractivity contribution < 1.29 is 31.2 Å². The Bertz CT molecular complexity index is 1910. The fraction of sp³-hybridized carbons (Fsp3) is 0.233. The van der Waals surface area contributed by atoms with Crippen molar-refractivity contribution in [2.45, 2.75) is 31.6 Å². The van der Waals surface area contributed by atoms with Crippen molar-refractivity contribution in [3.8, 4) is 5.69 Å². The van der Waals surface area contributed by atoms with Crippen molar-refractivity contribution in [2.75, 3.05) is 18.0 Å². The third-order valence-electron chi connectivity index (χ3n) is 7.59. The maximum Gasteiger partial charge on any atom is 0.433 e. The molecule has 6 rings (SSSR count). The quantitative estimate of drug-likeness (QED) is 0.328. The van der Waals surface area contributed by atoms with Gasteiger partial charge in [0.25, 0.3) is 11.8 Å². The van der Waals surface area contributed by atoms with Crippen LogP contribution in [0, 0.1) is 0 Å². The highest BCUT2D eigenvalue weighted by atomic mass is 32.2. The Morgan fingerprint density at radius 1 is 1.09 bits per heavy atom. The molecule has 0 radical (unpaired) electrons. The van der Waals surface area contributed by atoms with Gasteiger partial charge in [0.1, 0.15) is 17.6 Å². The van der Waals surface area contributed by atoms with Gasteiger partial charge >= 0.3 is 6.18 Å². The van der Waals surface area contributed by atoms with Crippen molar-refractivity contribution >= 4 is 27.7 Å². The number of nitrogens with zero attached hydrogens (tertiary/aromatic N) is 6. The molecule has 4 aromatic rings. The molecular formula is C30H26F3N7O4S. The van der Waals surface area contributed by atoms with Gasteiger partial charge < -0.3 is 5.32 Å². The van der Waals surface area contributed by atoms with Crippen LogP contribution in [0.4, 0.5) is 19.0 Å². The number of amides is 2. The van der Waals surface area contributed by atoms with E-state index in [4.69, 9.17) is 0 Å². The van der Waals surface area contributed by atoms with E-state index >= 15 is 0 Å². The predicted molar refractivity (Wildman–Crippen MR) is 157 cm³/mol. The molecule has 0 bridgehead atoms. The molecule has 45 heavy (non-hydrogen) atoms. The Balaban J connectivity index is 1.45. The lowest BCUT2D eigenvalue weighted by molar-refractivity contribution is -0.141. The van der Waals surface area contributed by atoms with E-state index in [0.717, 1.165) is 11.6 Å². The van der Waals surface area contributed by atoms with Crippen LogP contribution in [0.15, 0.2) is 84.5 Å². The normalized spacial score (nSPS) is 19.5. The first-order chi connectivity index (χ1) is 21.5. The van der Waals surface area contributed by atoms with Crippen LogP contribution in [0.25, 0.3) is 5.69 Å². The number of sulfonamides is 1. The number of aromatic nitrogens is 4. The zero-order valence-corrected chi connectivity index (χ0v) is 24.5. The molecule has 2 atom stereocenters. The van der Waals surface area contributed by atoms with Crippen LogP contribution in [-0.4, -0.2) is 63.4 Å². The molecule has 4 heterocycles. The summed E-state index contributed by atoms with van der Waals surface area (Å²) in [5.74, 6) is -2.72. The molecule has 1 N–H and O–H groups in total. The zero-order valence-electron chi connectivity index (χ0n) is 23.7. The summed E-state index contributed by atoms with van der Waals surface area (Å²) >= 11 is 0. The van der Waals surface area contributed by atoms with Crippen LogP contribution in [0.3, 0.4) is 0 Å². The van der Waals surface area contributed by atoms with E-state index < -0.39 is 51.5 Å². The molecule has 0 aliphatic carbocycles. The second-order valence-electron chi connectivity index (χ2n) is 10.4. The first kappa shape index (κ1) is 30.1. The summed E-state index contributed by atoms with van der Waals surface area (Å²) in [6.07, 6.45) is -0.844. The number of alkyl halides is 3. The highest BCUT2D eigenvalue weighted by Crippen LogP contribution is 2.42. The van der Waals surface area contributed by atoms with E-state index in [1.165, 1.54) is 9.21 Å². The van der Waals surface area contributed by atoms with Crippen molar-refractivity contribution in [3.05, 3.63) is 113 Å². The number of likely N-dealkylation sites (N-methyl/N-ethyl adjacent to an activating group) is 1. The van der Waals surface area contributed by atoms with E-state index in [1.807, 2.05) is 30.3 Å². The Morgan fingerprint density at radius 2 is 1.87 bits per heavy atom. The third kappa shape index (κ3) is 5.71. The van der Waals surface area contributed by atoms with Gasteiger partial charge in [-0.15, -0.1) is 0 Å². The number of benzene rings is 2. The summed E-state index contributed by atoms with van der Waals surface area (Å²) in [6, 6.07) is 15.4. The van der Waals surface area contributed by atoms with Crippen LogP contribution in [-0.2, 0) is 27.5 Å². The number of hydrogen-bond donors (Lipinski definition) is 1. The average Bonchev–Trinajstić information content (AvgIpc) is 3.60. The van der Waals surface area contributed by atoms with Gasteiger partial charge in [-0.1, -0.05) is 48.5 Å². The SMILES string of the molecule is CCN1C(=O)[C@@H](NC(=O)c2nccc(C(F)(F)F)n2)[C@H](c2cccc(CN3CC=CS3(=O)=O)c2)c2cnn(-c3ccccc3)c21. The fourth-order valence-electron chi connectivity index (χ4n) is 5.57. The van der Waals surface area contributed by atoms with E-state index in [0.29, 0.717) is 34.3 Å². The molecule has 0 saturated heterocycles. The monoisotopic (exact) mass is 637 g/mol. The molecule has 0 saturated carbocycles. The number of anilines is 1. The van der Waals surface area contributed by atoms with Crippen LogP contribution in [0.1, 0.15) is 45.8 Å². The van der Waals surface area contributed by atoms with Crippen LogP contribution in [0.2, 0.25) is 0 Å². The van der Waals surface area contributed by atoms with Gasteiger partial charge in [0.05, 0.1) is 11.9 Å². The highest BCUT2D eigenvalue weighted by molar-refractivity contribution is 7.92. The van der Waals surface area contributed by atoms with Crippen molar-refractivity contribution in [1.29, 1.82) is 0 Å². The lowest BCUT2D eigenvalue weighted by Crippen LogP contribution is -2.55. The van der Waals surface area contributed by atoms with Gasteiger partial charge in [0.15, 0.2) is 0 Å². The number of nitrogens with one attached hydrogen (secondary N) is 1. The Morgan fingerprint density at radius 3 is 2.56 bits per heavy atom. The minimum atomic E-state index is -4.81. The summed E-state index contributed by atoms with van der Waals surface area (Å²) in [5.41, 5.74) is 1.15. The lowest BCUT2D eigenvalue weighted by Gasteiger charge is -2.38. The summed E-state index contributed by atoms with van der Waals surface area (Å²) in [6.45, 7) is 2.23.